The van der Waals surface area contributed by atoms with E-state index in [9.17, 15) is 18.0 Å². The SMILES string of the molecule is CCCS(=O)(=O)Nc1cccc(C(=O)N(CC(=O)O)C(C)CC)c1. The van der Waals surface area contributed by atoms with Crippen molar-refractivity contribution in [3.8, 4) is 0 Å². The van der Waals surface area contributed by atoms with Crippen LogP contribution in [0.25, 0.3) is 0 Å². The van der Waals surface area contributed by atoms with Crippen molar-refractivity contribution in [1.82, 2.24) is 4.90 Å². The first kappa shape index (κ1) is 20.0. The van der Waals surface area contributed by atoms with Gasteiger partial charge in [-0.15, -0.1) is 0 Å². The molecule has 0 saturated carbocycles. The number of hydrogen-bond acceptors (Lipinski definition) is 4. The zero-order chi connectivity index (χ0) is 18.3. The summed E-state index contributed by atoms with van der Waals surface area (Å²) in [4.78, 5) is 24.9. The molecule has 0 fully saturated rings. The van der Waals surface area contributed by atoms with Crippen molar-refractivity contribution in [2.24, 2.45) is 0 Å². The number of amides is 1. The molecule has 2 N–H and O–H groups in total. The highest BCUT2D eigenvalue weighted by molar-refractivity contribution is 7.92. The fourth-order valence-corrected chi connectivity index (χ4v) is 3.30. The average Bonchev–Trinajstić information content (AvgIpc) is 2.50. The van der Waals surface area contributed by atoms with Gasteiger partial charge in [-0.3, -0.25) is 14.3 Å². The third-order valence-electron chi connectivity index (χ3n) is 3.55. The molecule has 0 radical (unpaired) electrons. The van der Waals surface area contributed by atoms with E-state index >= 15 is 0 Å². The summed E-state index contributed by atoms with van der Waals surface area (Å²) in [5, 5.41) is 9.01. The molecule has 0 aliphatic rings. The number of carboxylic acids is 1. The topological polar surface area (TPSA) is 104 Å². The molecule has 1 atom stereocenters. The maximum atomic E-state index is 12.6. The maximum Gasteiger partial charge on any atom is 0.323 e. The number of carbonyl (C=O) groups is 2. The van der Waals surface area contributed by atoms with Crippen LogP contribution in [0.3, 0.4) is 0 Å². The Labute approximate surface area is 142 Å². The number of rotatable bonds is 9. The molecule has 7 nitrogen and oxygen atoms in total. The molecule has 0 aromatic heterocycles. The number of carboxylic acid groups (broad SMARTS) is 1. The maximum absolute atomic E-state index is 12.6. The normalized spacial score (nSPS) is 12.5. The summed E-state index contributed by atoms with van der Waals surface area (Å²) in [6.07, 6.45) is 1.09. The lowest BCUT2D eigenvalue weighted by molar-refractivity contribution is -0.138. The van der Waals surface area contributed by atoms with Crippen molar-refractivity contribution < 1.29 is 23.1 Å². The Morgan fingerprint density at radius 2 is 1.96 bits per heavy atom. The van der Waals surface area contributed by atoms with E-state index in [0.717, 1.165) is 0 Å². The fourth-order valence-electron chi connectivity index (χ4n) is 2.17. The molecule has 0 heterocycles. The average molecular weight is 356 g/mol. The minimum Gasteiger partial charge on any atom is -0.480 e. The molecule has 24 heavy (non-hydrogen) atoms. The number of benzene rings is 1. The van der Waals surface area contributed by atoms with Crippen molar-refractivity contribution in [2.45, 2.75) is 39.7 Å². The quantitative estimate of drug-likeness (QED) is 0.706. The second-order valence-corrected chi connectivity index (χ2v) is 7.43. The molecule has 0 saturated heterocycles. The highest BCUT2D eigenvalue weighted by atomic mass is 32.2. The van der Waals surface area contributed by atoms with Crippen LogP contribution in [0.15, 0.2) is 24.3 Å². The molecular weight excluding hydrogens is 332 g/mol. The first-order valence-electron chi connectivity index (χ1n) is 7.83. The number of sulfonamides is 1. The van der Waals surface area contributed by atoms with Crippen LogP contribution in [0, 0.1) is 0 Å². The van der Waals surface area contributed by atoms with E-state index in [1.54, 1.807) is 26.0 Å². The third kappa shape index (κ3) is 5.84. The van der Waals surface area contributed by atoms with Crippen LogP contribution in [0.2, 0.25) is 0 Å². The van der Waals surface area contributed by atoms with Crippen molar-refractivity contribution in [1.29, 1.82) is 0 Å². The Bertz CT molecular complexity index is 687. The van der Waals surface area contributed by atoms with Gasteiger partial charge in [0.1, 0.15) is 6.54 Å². The van der Waals surface area contributed by atoms with Crippen LogP contribution in [0.5, 0.6) is 0 Å². The van der Waals surface area contributed by atoms with Gasteiger partial charge in [0.05, 0.1) is 5.75 Å². The van der Waals surface area contributed by atoms with E-state index in [1.807, 2.05) is 6.92 Å². The van der Waals surface area contributed by atoms with Gasteiger partial charge in [-0.25, -0.2) is 8.42 Å². The van der Waals surface area contributed by atoms with Gasteiger partial charge in [-0.05, 0) is 38.0 Å². The van der Waals surface area contributed by atoms with Gasteiger partial charge in [-0.1, -0.05) is 19.9 Å². The van der Waals surface area contributed by atoms with E-state index in [1.165, 1.54) is 17.0 Å². The lowest BCUT2D eigenvalue weighted by Gasteiger charge is -2.27. The minimum absolute atomic E-state index is 0.0107. The highest BCUT2D eigenvalue weighted by Crippen LogP contribution is 2.16. The van der Waals surface area contributed by atoms with E-state index < -0.39 is 28.4 Å². The van der Waals surface area contributed by atoms with Gasteiger partial charge in [0, 0.05) is 17.3 Å². The number of anilines is 1. The first-order chi connectivity index (χ1) is 11.2. The predicted molar refractivity (Wildman–Crippen MR) is 92.6 cm³/mol. The first-order valence-corrected chi connectivity index (χ1v) is 9.48. The Morgan fingerprint density at radius 3 is 2.50 bits per heavy atom. The Morgan fingerprint density at radius 1 is 1.29 bits per heavy atom. The lowest BCUT2D eigenvalue weighted by Crippen LogP contribution is -2.41. The zero-order valence-corrected chi connectivity index (χ0v) is 15.0. The summed E-state index contributed by atoms with van der Waals surface area (Å²) in [6.45, 7) is 4.99. The minimum atomic E-state index is -3.46. The molecule has 1 aromatic rings. The molecule has 1 unspecified atom stereocenters. The van der Waals surface area contributed by atoms with Gasteiger partial charge in [0.25, 0.3) is 5.91 Å². The van der Waals surface area contributed by atoms with Crippen LogP contribution in [-0.2, 0) is 14.8 Å². The lowest BCUT2D eigenvalue weighted by atomic mass is 10.1. The van der Waals surface area contributed by atoms with Crippen LogP contribution in [0.1, 0.15) is 44.0 Å². The van der Waals surface area contributed by atoms with Gasteiger partial charge in [-0.2, -0.15) is 0 Å². The Hall–Kier alpha value is -2.09. The van der Waals surface area contributed by atoms with Crippen LogP contribution in [-0.4, -0.2) is 48.6 Å². The Kier molecular flexibility index (Phi) is 7.21. The summed E-state index contributed by atoms with van der Waals surface area (Å²) in [5.41, 5.74) is 0.530. The number of hydrogen-bond donors (Lipinski definition) is 2. The predicted octanol–water partition coefficient (Wildman–Crippen LogP) is 2.16. The standard InChI is InChI=1S/C16H24N2O5S/c1-4-9-24(22,23)17-14-8-6-7-13(10-14)16(21)18(11-15(19)20)12(3)5-2/h6-8,10,12,17H,4-5,9,11H2,1-3H3,(H,19,20). The molecule has 0 spiro atoms. The van der Waals surface area contributed by atoms with E-state index in [-0.39, 0.29) is 23.0 Å². The van der Waals surface area contributed by atoms with Crippen molar-refractivity contribution >= 4 is 27.6 Å². The molecule has 1 rings (SSSR count). The van der Waals surface area contributed by atoms with Crippen LogP contribution < -0.4 is 4.72 Å². The van der Waals surface area contributed by atoms with Crippen molar-refractivity contribution in [3.05, 3.63) is 29.8 Å². The molecule has 8 heteroatoms. The summed E-state index contributed by atoms with van der Waals surface area (Å²) in [6, 6.07) is 5.83. The highest BCUT2D eigenvalue weighted by Gasteiger charge is 2.23. The summed E-state index contributed by atoms with van der Waals surface area (Å²) in [7, 11) is -3.46. The van der Waals surface area contributed by atoms with Gasteiger partial charge in [0.15, 0.2) is 0 Å². The number of aliphatic carboxylic acids is 1. The second-order valence-electron chi connectivity index (χ2n) is 5.59. The number of carbonyl (C=O) groups excluding carboxylic acids is 1. The molecule has 134 valence electrons. The van der Waals surface area contributed by atoms with Crippen LogP contribution >= 0.6 is 0 Å². The van der Waals surface area contributed by atoms with Crippen LogP contribution in [0.4, 0.5) is 5.69 Å². The zero-order valence-electron chi connectivity index (χ0n) is 14.2. The van der Waals surface area contributed by atoms with E-state index in [2.05, 4.69) is 4.72 Å². The van der Waals surface area contributed by atoms with Gasteiger partial charge >= 0.3 is 5.97 Å². The molecule has 1 amide bonds. The molecule has 1 aromatic carbocycles. The molecule has 0 aliphatic heterocycles. The molecular formula is C16H24N2O5S. The Balaban J connectivity index is 3.06. The van der Waals surface area contributed by atoms with E-state index in [4.69, 9.17) is 5.11 Å². The fraction of sp³-hybridized carbons (Fsp3) is 0.500. The van der Waals surface area contributed by atoms with E-state index in [0.29, 0.717) is 12.8 Å². The monoisotopic (exact) mass is 356 g/mol. The smallest absolute Gasteiger partial charge is 0.323 e. The molecule has 0 aliphatic carbocycles. The second kappa shape index (κ2) is 8.68. The number of nitrogens with zero attached hydrogens (tertiary/aromatic N) is 1. The van der Waals surface area contributed by atoms with Crippen molar-refractivity contribution in [2.75, 3.05) is 17.0 Å². The third-order valence-corrected chi connectivity index (χ3v) is 5.04. The summed E-state index contributed by atoms with van der Waals surface area (Å²) >= 11 is 0. The number of nitrogens with one attached hydrogen (secondary N) is 1. The molecule has 0 bridgehead atoms. The van der Waals surface area contributed by atoms with Gasteiger partial charge < -0.3 is 10.0 Å². The summed E-state index contributed by atoms with van der Waals surface area (Å²) in [5.74, 6) is -1.55. The van der Waals surface area contributed by atoms with Gasteiger partial charge in [0.2, 0.25) is 10.0 Å². The van der Waals surface area contributed by atoms with Crippen molar-refractivity contribution in [3.63, 3.8) is 0 Å². The summed E-state index contributed by atoms with van der Waals surface area (Å²) < 4.78 is 26.1. The largest absolute Gasteiger partial charge is 0.480 e.